The number of fused-ring (bicyclic) bond motifs is 1. The van der Waals surface area contributed by atoms with Crippen LogP contribution in [0.15, 0.2) is 48.7 Å². The lowest BCUT2D eigenvalue weighted by Crippen LogP contribution is -2.38. The topological polar surface area (TPSA) is 74.3 Å². The van der Waals surface area contributed by atoms with Crippen molar-refractivity contribution in [1.82, 2.24) is 10.3 Å². The van der Waals surface area contributed by atoms with Crippen molar-refractivity contribution in [2.45, 2.75) is 32.4 Å². The zero-order chi connectivity index (χ0) is 19.2. The summed E-state index contributed by atoms with van der Waals surface area (Å²) in [5, 5.41) is 14.4. The van der Waals surface area contributed by atoms with Gasteiger partial charge in [-0.15, -0.1) is 0 Å². The van der Waals surface area contributed by atoms with Gasteiger partial charge in [0.1, 0.15) is 11.8 Å². The molecular weight excluding hydrogens is 364 g/mol. The third kappa shape index (κ3) is 4.81. The monoisotopic (exact) mass is 386 g/mol. The number of ether oxygens (including phenoxy) is 1. The van der Waals surface area contributed by atoms with Crippen LogP contribution >= 0.6 is 11.6 Å². The van der Waals surface area contributed by atoms with Crippen LogP contribution in [0.5, 0.6) is 5.75 Å². The molecule has 142 valence electrons. The smallest absolute Gasteiger partial charge is 0.321 e. The van der Waals surface area contributed by atoms with E-state index < -0.39 is 12.0 Å². The normalized spacial score (nSPS) is 12.2. The maximum atomic E-state index is 11.8. The van der Waals surface area contributed by atoms with Crippen LogP contribution in [0.25, 0.3) is 10.9 Å². The number of benzene rings is 2. The van der Waals surface area contributed by atoms with Crippen LogP contribution in [0.4, 0.5) is 0 Å². The van der Waals surface area contributed by atoms with E-state index in [0.717, 1.165) is 34.2 Å². The van der Waals surface area contributed by atoms with Crippen LogP contribution < -0.4 is 10.1 Å². The number of para-hydroxylation sites is 1. The zero-order valence-electron chi connectivity index (χ0n) is 15.2. The molecule has 5 nitrogen and oxygen atoms in total. The second-order valence-electron chi connectivity index (χ2n) is 6.44. The molecule has 0 radical (unpaired) electrons. The number of hydrogen-bond acceptors (Lipinski definition) is 3. The molecule has 1 heterocycles. The van der Waals surface area contributed by atoms with E-state index in [1.54, 1.807) is 6.07 Å². The number of aliphatic carboxylic acids is 1. The maximum absolute atomic E-state index is 11.8. The summed E-state index contributed by atoms with van der Waals surface area (Å²) < 4.78 is 5.75. The molecule has 0 unspecified atom stereocenters. The van der Waals surface area contributed by atoms with Gasteiger partial charge in [0.2, 0.25) is 0 Å². The number of carboxylic acid groups (broad SMARTS) is 1. The van der Waals surface area contributed by atoms with Crippen molar-refractivity contribution in [1.29, 1.82) is 0 Å². The average Bonchev–Trinajstić information content (AvgIpc) is 3.07. The molecule has 0 fully saturated rings. The molecule has 0 spiro atoms. The number of H-pyrrole nitrogens is 1. The van der Waals surface area contributed by atoms with Crippen LogP contribution in [0.3, 0.4) is 0 Å². The highest BCUT2D eigenvalue weighted by molar-refractivity contribution is 6.30. The standard InChI is InChI=1S/C21H23ClN2O3/c1-2-9-27-20-8-7-16(22)10-15(20)13-24-19(21(25)26)11-14-12-23-18-6-4-3-5-17(14)18/h3-8,10,12,19,23-24H,2,9,11,13H2,1H3,(H,25,26)/t19-/m1/s1. The van der Waals surface area contributed by atoms with Gasteiger partial charge in [0.25, 0.3) is 0 Å². The summed E-state index contributed by atoms with van der Waals surface area (Å²) in [6.07, 6.45) is 3.15. The summed E-state index contributed by atoms with van der Waals surface area (Å²) in [6, 6.07) is 12.6. The first-order valence-electron chi connectivity index (χ1n) is 9.01. The van der Waals surface area contributed by atoms with E-state index in [2.05, 4.69) is 10.3 Å². The van der Waals surface area contributed by atoms with Crippen molar-refractivity contribution in [3.8, 4) is 5.75 Å². The number of aromatic amines is 1. The lowest BCUT2D eigenvalue weighted by molar-refractivity contribution is -0.139. The summed E-state index contributed by atoms with van der Waals surface area (Å²) in [4.78, 5) is 15.0. The molecule has 1 atom stereocenters. The van der Waals surface area contributed by atoms with Crippen molar-refractivity contribution in [2.75, 3.05) is 6.61 Å². The van der Waals surface area contributed by atoms with Crippen LogP contribution in [0, 0.1) is 0 Å². The first-order valence-corrected chi connectivity index (χ1v) is 9.38. The molecule has 0 aliphatic rings. The molecule has 2 aromatic carbocycles. The fraction of sp³-hybridized carbons (Fsp3) is 0.286. The van der Waals surface area contributed by atoms with Crippen LogP contribution in [-0.4, -0.2) is 28.7 Å². The van der Waals surface area contributed by atoms with Crippen LogP contribution in [-0.2, 0) is 17.8 Å². The molecule has 0 saturated carbocycles. The minimum atomic E-state index is -0.890. The molecule has 1 aromatic heterocycles. The zero-order valence-corrected chi connectivity index (χ0v) is 15.9. The number of rotatable bonds is 9. The first kappa shape index (κ1) is 19.3. The fourth-order valence-electron chi connectivity index (χ4n) is 3.04. The predicted molar refractivity (Wildman–Crippen MR) is 108 cm³/mol. The molecular formula is C21H23ClN2O3. The molecule has 3 rings (SSSR count). The Morgan fingerprint density at radius 3 is 2.85 bits per heavy atom. The van der Waals surface area contributed by atoms with E-state index >= 15 is 0 Å². The van der Waals surface area contributed by atoms with Crippen LogP contribution in [0.2, 0.25) is 5.02 Å². The van der Waals surface area contributed by atoms with E-state index in [-0.39, 0.29) is 0 Å². The minimum absolute atomic E-state index is 0.360. The van der Waals surface area contributed by atoms with Gasteiger partial charge < -0.3 is 14.8 Å². The van der Waals surface area contributed by atoms with E-state index in [4.69, 9.17) is 16.3 Å². The van der Waals surface area contributed by atoms with E-state index in [1.165, 1.54) is 0 Å². The number of aromatic nitrogens is 1. The Labute approximate surface area is 163 Å². The molecule has 3 N–H and O–H groups in total. The average molecular weight is 387 g/mol. The van der Waals surface area contributed by atoms with Gasteiger partial charge in [-0.3, -0.25) is 10.1 Å². The van der Waals surface area contributed by atoms with E-state index in [1.807, 2.05) is 49.5 Å². The fourth-order valence-corrected chi connectivity index (χ4v) is 3.23. The van der Waals surface area contributed by atoms with Gasteiger partial charge in [0, 0.05) is 40.7 Å². The summed E-state index contributed by atoms with van der Waals surface area (Å²) >= 11 is 6.11. The second-order valence-corrected chi connectivity index (χ2v) is 6.87. The Kier molecular flexibility index (Phi) is 6.37. The van der Waals surface area contributed by atoms with Gasteiger partial charge in [-0.1, -0.05) is 36.7 Å². The Balaban J connectivity index is 1.74. The summed E-state index contributed by atoms with van der Waals surface area (Å²) in [5.41, 5.74) is 2.82. The van der Waals surface area contributed by atoms with Gasteiger partial charge in [0.05, 0.1) is 6.61 Å². The predicted octanol–water partition coefficient (Wildman–Crippen LogP) is 4.40. The number of hydrogen-bond donors (Lipinski definition) is 3. The lowest BCUT2D eigenvalue weighted by atomic mass is 10.0. The highest BCUT2D eigenvalue weighted by Crippen LogP contribution is 2.24. The molecule has 3 aromatic rings. The second kappa shape index (κ2) is 8.93. The molecule has 0 amide bonds. The van der Waals surface area contributed by atoms with Crippen molar-refractivity contribution in [2.24, 2.45) is 0 Å². The van der Waals surface area contributed by atoms with Gasteiger partial charge in [-0.25, -0.2) is 0 Å². The van der Waals surface area contributed by atoms with Crippen LogP contribution in [0.1, 0.15) is 24.5 Å². The third-order valence-electron chi connectivity index (χ3n) is 4.42. The van der Waals surface area contributed by atoms with Gasteiger partial charge in [-0.05, 0) is 36.2 Å². The largest absolute Gasteiger partial charge is 0.493 e. The van der Waals surface area contributed by atoms with Gasteiger partial charge >= 0.3 is 5.97 Å². The van der Waals surface area contributed by atoms with Crippen molar-refractivity contribution in [3.63, 3.8) is 0 Å². The molecule has 0 aliphatic heterocycles. The highest BCUT2D eigenvalue weighted by Gasteiger charge is 2.20. The Morgan fingerprint density at radius 2 is 2.07 bits per heavy atom. The summed E-state index contributed by atoms with van der Waals surface area (Å²) in [7, 11) is 0. The van der Waals surface area contributed by atoms with Gasteiger partial charge in [0.15, 0.2) is 0 Å². The SMILES string of the molecule is CCCOc1ccc(Cl)cc1CN[C@H](Cc1c[nH]c2ccccc12)C(=O)O. The molecule has 6 heteroatoms. The van der Waals surface area contributed by atoms with Crippen molar-refractivity contribution in [3.05, 3.63) is 64.8 Å². The number of carbonyl (C=O) groups is 1. The number of carboxylic acids is 1. The summed E-state index contributed by atoms with van der Waals surface area (Å²) in [5.74, 6) is -0.164. The molecule has 27 heavy (non-hydrogen) atoms. The van der Waals surface area contributed by atoms with Crippen molar-refractivity contribution >= 4 is 28.5 Å². The Hall–Kier alpha value is -2.50. The first-order chi connectivity index (χ1) is 13.1. The Bertz CT molecular complexity index is 923. The molecule has 0 aliphatic carbocycles. The third-order valence-corrected chi connectivity index (χ3v) is 4.66. The Morgan fingerprint density at radius 1 is 1.26 bits per heavy atom. The van der Waals surface area contributed by atoms with Gasteiger partial charge in [-0.2, -0.15) is 0 Å². The highest BCUT2D eigenvalue weighted by atomic mass is 35.5. The minimum Gasteiger partial charge on any atom is -0.493 e. The van der Waals surface area contributed by atoms with E-state index in [0.29, 0.717) is 24.6 Å². The lowest BCUT2D eigenvalue weighted by Gasteiger charge is -2.17. The number of nitrogens with one attached hydrogen (secondary N) is 2. The number of halogens is 1. The van der Waals surface area contributed by atoms with Crippen molar-refractivity contribution < 1.29 is 14.6 Å². The maximum Gasteiger partial charge on any atom is 0.321 e. The molecule has 0 saturated heterocycles. The molecule has 0 bridgehead atoms. The van der Waals surface area contributed by atoms with E-state index in [9.17, 15) is 9.90 Å². The summed E-state index contributed by atoms with van der Waals surface area (Å²) in [6.45, 7) is 3.00. The quantitative estimate of drug-likeness (QED) is 0.509.